The lowest BCUT2D eigenvalue weighted by Gasteiger charge is -2.16. The van der Waals surface area contributed by atoms with Crippen molar-refractivity contribution in [2.75, 3.05) is 10.9 Å². The summed E-state index contributed by atoms with van der Waals surface area (Å²) in [4.78, 5) is 41.3. The molecule has 16 nitrogen and oxygen atoms in total. The summed E-state index contributed by atoms with van der Waals surface area (Å²) < 4.78 is 0. The first-order valence-electron chi connectivity index (χ1n) is 9.68. The lowest BCUT2D eigenvalue weighted by atomic mass is 9.96. The molecule has 0 amide bonds. The normalized spacial score (nSPS) is 15.6. The number of hydrogen-bond acceptors (Lipinski definition) is 12. The van der Waals surface area contributed by atoms with Crippen molar-refractivity contribution < 1.29 is 19.7 Å². The summed E-state index contributed by atoms with van der Waals surface area (Å²) in [7, 11) is 0. The highest BCUT2D eigenvalue weighted by Gasteiger charge is 2.22. The maximum Gasteiger partial charge on any atom is 0.301 e. The number of nitro benzene ring substituents is 4. The molecular formula is C18H16N8O8. The van der Waals surface area contributed by atoms with Crippen LogP contribution in [-0.4, -0.2) is 31.1 Å². The number of anilines is 2. The van der Waals surface area contributed by atoms with E-state index in [9.17, 15) is 40.5 Å². The van der Waals surface area contributed by atoms with E-state index in [-0.39, 0.29) is 11.4 Å². The van der Waals surface area contributed by atoms with Crippen molar-refractivity contribution in [2.45, 2.75) is 25.7 Å². The summed E-state index contributed by atoms with van der Waals surface area (Å²) in [6.07, 6.45) is 2.41. The largest absolute Gasteiger partial charge is 0.301 e. The van der Waals surface area contributed by atoms with Crippen LogP contribution in [0.1, 0.15) is 25.7 Å². The Morgan fingerprint density at radius 3 is 1.32 bits per heavy atom. The molecule has 3 rings (SSSR count). The first-order chi connectivity index (χ1) is 16.2. The number of hydrogen-bond donors (Lipinski definition) is 2. The summed E-state index contributed by atoms with van der Waals surface area (Å²) in [5.41, 5.74) is 3.85. The van der Waals surface area contributed by atoms with Gasteiger partial charge in [-0.25, -0.2) is 0 Å². The molecule has 0 saturated heterocycles. The molecule has 1 saturated carbocycles. The van der Waals surface area contributed by atoms with Gasteiger partial charge in [-0.3, -0.25) is 51.3 Å². The first-order valence-corrected chi connectivity index (χ1v) is 9.68. The second-order valence-corrected chi connectivity index (χ2v) is 6.98. The summed E-state index contributed by atoms with van der Waals surface area (Å²) in [6.45, 7) is 0. The minimum Gasteiger partial charge on any atom is -0.271 e. The second kappa shape index (κ2) is 10.1. The Morgan fingerprint density at radius 2 is 1.00 bits per heavy atom. The third-order valence-corrected chi connectivity index (χ3v) is 4.81. The van der Waals surface area contributed by atoms with Gasteiger partial charge in [0, 0.05) is 12.1 Å². The molecule has 34 heavy (non-hydrogen) atoms. The Balaban J connectivity index is 1.87. The third kappa shape index (κ3) is 5.42. The lowest BCUT2D eigenvalue weighted by molar-refractivity contribution is -0.393. The molecular weight excluding hydrogens is 456 g/mol. The predicted octanol–water partition coefficient (Wildman–Crippen LogP) is 4.13. The Labute approximate surface area is 189 Å². The van der Waals surface area contributed by atoms with Crippen molar-refractivity contribution in [2.24, 2.45) is 10.2 Å². The summed E-state index contributed by atoms with van der Waals surface area (Å²) >= 11 is 0. The molecule has 0 unspecified atom stereocenters. The van der Waals surface area contributed by atoms with E-state index < -0.39 is 42.4 Å². The Kier molecular flexibility index (Phi) is 7.00. The van der Waals surface area contributed by atoms with E-state index in [0.29, 0.717) is 24.3 Å². The van der Waals surface area contributed by atoms with E-state index in [1.807, 2.05) is 0 Å². The average molecular weight is 472 g/mol. The standard InChI is InChI=1S/C18H16N8O8/c27-23(28)11-5-7-15(17(9-11)25(31)32)21-19-13-3-1-2-4-14(13)20-22-16-8-6-12(24(29)30)10-18(16)26(33)34/h5-10,21-22H,1-4H2/b19-13-,20-14?. The summed E-state index contributed by atoms with van der Waals surface area (Å²) in [6, 6.07) is 6.15. The zero-order chi connectivity index (χ0) is 24.8. The highest BCUT2D eigenvalue weighted by Crippen LogP contribution is 2.30. The van der Waals surface area contributed by atoms with Crippen molar-refractivity contribution in [1.82, 2.24) is 0 Å². The van der Waals surface area contributed by atoms with Crippen LogP contribution in [0, 0.1) is 40.5 Å². The van der Waals surface area contributed by atoms with Crippen molar-refractivity contribution in [3.63, 3.8) is 0 Å². The van der Waals surface area contributed by atoms with Crippen LogP contribution in [-0.2, 0) is 0 Å². The van der Waals surface area contributed by atoms with Gasteiger partial charge in [0.05, 0.1) is 43.2 Å². The van der Waals surface area contributed by atoms with Crippen LogP contribution in [0.15, 0.2) is 46.6 Å². The maximum atomic E-state index is 11.3. The van der Waals surface area contributed by atoms with Crippen molar-refractivity contribution in [1.29, 1.82) is 0 Å². The van der Waals surface area contributed by atoms with Gasteiger partial charge in [0.15, 0.2) is 0 Å². The maximum absolute atomic E-state index is 11.3. The van der Waals surface area contributed by atoms with Gasteiger partial charge in [-0.2, -0.15) is 10.2 Å². The molecule has 2 aromatic rings. The molecule has 0 bridgehead atoms. The summed E-state index contributed by atoms with van der Waals surface area (Å²) in [5, 5.41) is 52.6. The van der Waals surface area contributed by atoms with Gasteiger partial charge >= 0.3 is 11.4 Å². The minimum absolute atomic E-state index is 0.0630. The fourth-order valence-electron chi connectivity index (χ4n) is 3.13. The van der Waals surface area contributed by atoms with Crippen LogP contribution in [0.5, 0.6) is 0 Å². The predicted molar refractivity (Wildman–Crippen MR) is 120 cm³/mol. The smallest absolute Gasteiger partial charge is 0.271 e. The molecule has 16 heteroatoms. The Morgan fingerprint density at radius 1 is 0.618 bits per heavy atom. The molecule has 0 heterocycles. The van der Waals surface area contributed by atoms with E-state index in [2.05, 4.69) is 21.1 Å². The van der Waals surface area contributed by atoms with Crippen LogP contribution in [0.2, 0.25) is 0 Å². The van der Waals surface area contributed by atoms with Crippen molar-refractivity contribution in [3.05, 3.63) is 76.9 Å². The first kappa shape index (κ1) is 23.6. The molecule has 1 fully saturated rings. The minimum atomic E-state index is -0.777. The quantitative estimate of drug-likeness (QED) is 0.412. The fraction of sp³-hybridized carbons (Fsp3) is 0.222. The van der Waals surface area contributed by atoms with E-state index in [0.717, 1.165) is 37.1 Å². The molecule has 1 aliphatic carbocycles. The van der Waals surface area contributed by atoms with E-state index in [1.54, 1.807) is 0 Å². The fourth-order valence-corrected chi connectivity index (χ4v) is 3.13. The number of non-ortho nitro benzene ring substituents is 2. The van der Waals surface area contributed by atoms with Gasteiger partial charge in [-0.15, -0.1) is 0 Å². The number of hydrazone groups is 2. The number of benzene rings is 2. The number of nitrogens with zero attached hydrogens (tertiary/aromatic N) is 6. The molecule has 176 valence electrons. The van der Waals surface area contributed by atoms with Gasteiger partial charge in [0.2, 0.25) is 0 Å². The molecule has 0 spiro atoms. The third-order valence-electron chi connectivity index (χ3n) is 4.81. The van der Waals surface area contributed by atoms with E-state index >= 15 is 0 Å². The molecule has 0 atom stereocenters. The number of rotatable bonds is 8. The van der Waals surface area contributed by atoms with Crippen LogP contribution in [0.4, 0.5) is 34.1 Å². The molecule has 2 N–H and O–H groups in total. The average Bonchev–Trinajstić information content (AvgIpc) is 2.81. The lowest BCUT2D eigenvalue weighted by Crippen LogP contribution is -2.22. The highest BCUT2D eigenvalue weighted by atomic mass is 16.6. The molecule has 0 aliphatic heterocycles. The van der Waals surface area contributed by atoms with Crippen LogP contribution in [0.25, 0.3) is 0 Å². The molecule has 1 aliphatic rings. The van der Waals surface area contributed by atoms with Crippen LogP contribution in [0.3, 0.4) is 0 Å². The van der Waals surface area contributed by atoms with E-state index in [4.69, 9.17) is 0 Å². The van der Waals surface area contributed by atoms with Gasteiger partial charge in [0.1, 0.15) is 11.4 Å². The van der Waals surface area contributed by atoms with Crippen molar-refractivity contribution in [3.8, 4) is 0 Å². The van der Waals surface area contributed by atoms with Gasteiger partial charge in [-0.1, -0.05) is 0 Å². The van der Waals surface area contributed by atoms with Crippen LogP contribution < -0.4 is 10.9 Å². The number of nitrogens with one attached hydrogen (secondary N) is 2. The van der Waals surface area contributed by atoms with E-state index in [1.165, 1.54) is 12.1 Å². The SMILES string of the molecule is O=[N+]([O-])c1ccc(NN=C2CCCC/C2=N/Nc2ccc([N+](=O)[O-])cc2[N+](=O)[O-])c([N+](=O)[O-])c1. The molecule has 0 aromatic heterocycles. The number of nitro groups is 4. The second-order valence-electron chi connectivity index (χ2n) is 6.98. The highest BCUT2D eigenvalue weighted by molar-refractivity contribution is 6.43. The monoisotopic (exact) mass is 472 g/mol. The van der Waals surface area contributed by atoms with Crippen molar-refractivity contribution >= 4 is 45.5 Å². The summed E-state index contributed by atoms with van der Waals surface area (Å²) in [5.74, 6) is 0. The zero-order valence-corrected chi connectivity index (χ0v) is 17.2. The Bertz CT molecular complexity index is 1150. The van der Waals surface area contributed by atoms with Gasteiger partial charge in [-0.05, 0) is 37.8 Å². The van der Waals surface area contributed by atoms with Gasteiger partial charge in [0.25, 0.3) is 11.4 Å². The molecule has 2 aromatic carbocycles. The topological polar surface area (TPSA) is 221 Å². The zero-order valence-electron chi connectivity index (χ0n) is 17.2. The Hall–Kier alpha value is -5.02. The van der Waals surface area contributed by atoms with Gasteiger partial charge < -0.3 is 0 Å². The van der Waals surface area contributed by atoms with Crippen LogP contribution >= 0.6 is 0 Å². The molecule has 0 radical (unpaired) electrons.